The van der Waals surface area contributed by atoms with Crippen molar-refractivity contribution in [1.82, 2.24) is 9.55 Å². The first-order valence-corrected chi connectivity index (χ1v) is 7.58. The number of aryl methyl sites for hydroxylation is 2. The maximum Gasteiger partial charge on any atom is 0.129 e. The SMILES string of the molecule is C=C(c1cc(C)nc(Cl)c1)c1ccc2c(c1)c(CN=O)cn2C. The van der Waals surface area contributed by atoms with Gasteiger partial charge in [0.2, 0.25) is 0 Å². The number of pyridine rings is 1. The van der Waals surface area contributed by atoms with Crippen LogP contribution in [-0.4, -0.2) is 9.55 Å². The fraction of sp³-hybridized carbons (Fsp3) is 0.167. The Morgan fingerprint density at radius 1 is 1.30 bits per heavy atom. The van der Waals surface area contributed by atoms with E-state index < -0.39 is 0 Å². The molecular weight excluding hydrogens is 310 g/mol. The molecule has 3 aromatic rings. The standard InChI is InChI=1S/C18H16ClN3O/c1-11-6-14(8-18(19)21-11)12(2)13-4-5-17-16(7-13)15(9-20-23)10-22(17)3/h4-8,10H,2,9H2,1,3H3. The minimum Gasteiger partial charge on any atom is -0.350 e. The predicted octanol–water partition coefficient (Wildman–Crippen LogP) is 4.86. The van der Waals surface area contributed by atoms with Crippen molar-refractivity contribution < 1.29 is 0 Å². The number of rotatable bonds is 4. The molecule has 0 aliphatic carbocycles. The molecule has 4 nitrogen and oxygen atoms in total. The molecule has 0 radical (unpaired) electrons. The molecule has 0 aliphatic rings. The minimum absolute atomic E-state index is 0.160. The highest BCUT2D eigenvalue weighted by atomic mass is 35.5. The van der Waals surface area contributed by atoms with Gasteiger partial charge in [0.15, 0.2) is 0 Å². The molecule has 0 fully saturated rings. The van der Waals surface area contributed by atoms with Crippen LogP contribution in [0.1, 0.15) is 22.4 Å². The second kappa shape index (κ2) is 5.97. The van der Waals surface area contributed by atoms with E-state index in [4.69, 9.17) is 11.6 Å². The molecule has 1 aromatic carbocycles. The second-order valence-electron chi connectivity index (χ2n) is 5.58. The molecule has 0 amide bonds. The van der Waals surface area contributed by atoms with E-state index in [1.54, 1.807) is 6.07 Å². The molecule has 0 spiro atoms. The van der Waals surface area contributed by atoms with Crippen LogP contribution in [0.2, 0.25) is 5.15 Å². The summed E-state index contributed by atoms with van der Waals surface area (Å²) in [5.74, 6) is 0. The number of aromatic nitrogens is 2. The summed E-state index contributed by atoms with van der Waals surface area (Å²) in [6.07, 6.45) is 1.94. The summed E-state index contributed by atoms with van der Waals surface area (Å²) in [6.45, 7) is 6.25. The van der Waals surface area contributed by atoms with Gasteiger partial charge in [0, 0.05) is 35.4 Å². The van der Waals surface area contributed by atoms with Crippen LogP contribution in [0.3, 0.4) is 0 Å². The Morgan fingerprint density at radius 3 is 2.78 bits per heavy atom. The molecule has 0 bridgehead atoms. The minimum atomic E-state index is 0.160. The molecule has 23 heavy (non-hydrogen) atoms. The van der Waals surface area contributed by atoms with Crippen LogP contribution in [0.25, 0.3) is 16.5 Å². The number of benzene rings is 1. The molecular formula is C18H16ClN3O. The lowest BCUT2D eigenvalue weighted by atomic mass is 9.98. The summed E-state index contributed by atoms with van der Waals surface area (Å²) >= 11 is 6.04. The van der Waals surface area contributed by atoms with E-state index in [2.05, 4.69) is 16.7 Å². The van der Waals surface area contributed by atoms with Gasteiger partial charge in [-0.15, -0.1) is 0 Å². The fourth-order valence-corrected chi connectivity index (χ4v) is 3.08. The quantitative estimate of drug-likeness (QED) is 0.508. The molecule has 0 saturated heterocycles. The number of fused-ring (bicyclic) bond motifs is 1. The Kier molecular flexibility index (Phi) is 4.01. The molecule has 0 saturated carbocycles. The predicted molar refractivity (Wildman–Crippen MR) is 94.5 cm³/mol. The van der Waals surface area contributed by atoms with Crippen molar-refractivity contribution in [1.29, 1.82) is 0 Å². The first kappa shape index (κ1) is 15.4. The van der Waals surface area contributed by atoms with Crippen LogP contribution in [-0.2, 0) is 13.6 Å². The average molecular weight is 326 g/mol. The summed E-state index contributed by atoms with van der Waals surface area (Å²) in [7, 11) is 1.96. The Labute approximate surface area is 139 Å². The number of nitrogens with zero attached hydrogens (tertiary/aromatic N) is 3. The number of halogens is 1. The molecule has 0 unspecified atom stereocenters. The number of hydrogen-bond donors (Lipinski definition) is 0. The van der Waals surface area contributed by atoms with Crippen LogP contribution in [0, 0.1) is 11.8 Å². The Hall–Kier alpha value is -2.46. The molecule has 0 N–H and O–H groups in total. The first-order chi connectivity index (χ1) is 11.0. The summed E-state index contributed by atoms with van der Waals surface area (Å²) in [5.41, 5.74) is 5.61. The van der Waals surface area contributed by atoms with Gasteiger partial charge in [0.05, 0.1) is 0 Å². The molecule has 3 rings (SSSR count). The van der Waals surface area contributed by atoms with Gasteiger partial charge < -0.3 is 4.57 Å². The lowest BCUT2D eigenvalue weighted by molar-refractivity contribution is 0.947. The van der Waals surface area contributed by atoms with Gasteiger partial charge >= 0.3 is 0 Å². The van der Waals surface area contributed by atoms with Crippen LogP contribution in [0.15, 0.2) is 48.3 Å². The van der Waals surface area contributed by atoms with Gasteiger partial charge in [-0.3, -0.25) is 0 Å². The fourth-order valence-electron chi connectivity index (χ4n) is 2.83. The smallest absolute Gasteiger partial charge is 0.129 e. The van der Waals surface area contributed by atoms with Crippen molar-refractivity contribution in [2.24, 2.45) is 12.2 Å². The van der Waals surface area contributed by atoms with Crippen LogP contribution < -0.4 is 0 Å². The second-order valence-corrected chi connectivity index (χ2v) is 5.97. The molecule has 2 heterocycles. The van der Waals surface area contributed by atoms with Gasteiger partial charge in [-0.25, -0.2) is 4.98 Å². The van der Waals surface area contributed by atoms with E-state index in [1.807, 2.05) is 49.0 Å². The Bertz CT molecular complexity index is 907. The van der Waals surface area contributed by atoms with Crippen LogP contribution in [0.5, 0.6) is 0 Å². The van der Waals surface area contributed by atoms with E-state index in [1.165, 1.54) is 0 Å². The number of nitroso groups, excluding NO2 is 1. The van der Waals surface area contributed by atoms with Gasteiger partial charge in [0.1, 0.15) is 11.7 Å². The first-order valence-electron chi connectivity index (χ1n) is 7.20. The Balaban J connectivity index is 2.10. The zero-order valence-corrected chi connectivity index (χ0v) is 13.8. The van der Waals surface area contributed by atoms with E-state index in [9.17, 15) is 4.91 Å². The molecule has 0 aliphatic heterocycles. The topological polar surface area (TPSA) is 47.2 Å². The van der Waals surface area contributed by atoms with Crippen LogP contribution >= 0.6 is 11.6 Å². The zero-order chi connectivity index (χ0) is 16.6. The van der Waals surface area contributed by atoms with Crippen molar-refractivity contribution in [3.8, 4) is 0 Å². The van der Waals surface area contributed by atoms with Gasteiger partial charge in [0.25, 0.3) is 0 Å². The maximum absolute atomic E-state index is 10.6. The van der Waals surface area contributed by atoms with E-state index >= 15 is 0 Å². The monoisotopic (exact) mass is 325 g/mol. The van der Waals surface area contributed by atoms with Crippen molar-refractivity contribution in [3.05, 3.63) is 75.6 Å². The van der Waals surface area contributed by atoms with Crippen molar-refractivity contribution in [2.75, 3.05) is 0 Å². The van der Waals surface area contributed by atoms with E-state index in [0.717, 1.165) is 38.9 Å². The highest BCUT2D eigenvalue weighted by molar-refractivity contribution is 6.29. The Morgan fingerprint density at radius 2 is 2.09 bits per heavy atom. The van der Waals surface area contributed by atoms with Gasteiger partial charge in [-0.1, -0.05) is 29.4 Å². The molecule has 2 aromatic heterocycles. The lowest BCUT2D eigenvalue weighted by Crippen LogP contribution is -1.91. The third kappa shape index (κ3) is 2.90. The third-order valence-corrected chi connectivity index (χ3v) is 4.12. The molecule has 116 valence electrons. The summed E-state index contributed by atoms with van der Waals surface area (Å²) in [4.78, 5) is 14.8. The highest BCUT2D eigenvalue weighted by Crippen LogP contribution is 2.29. The summed E-state index contributed by atoms with van der Waals surface area (Å²) in [5, 5.41) is 4.48. The van der Waals surface area contributed by atoms with E-state index in [-0.39, 0.29) is 6.54 Å². The normalized spacial score (nSPS) is 10.9. The van der Waals surface area contributed by atoms with Crippen molar-refractivity contribution in [2.45, 2.75) is 13.5 Å². The lowest BCUT2D eigenvalue weighted by Gasteiger charge is -2.09. The van der Waals surface area contributed by atoms with E-state index in [0.29, 0.717) is 5.15 Å². The van der Waals surface area contributed by atoms with Crippen molar-refractivity contribution in [3.63, 3.8) is 0 Å². The largest absolute Gasteiger partial charge is 0.350 e. The molecule has 0 atom stereocenters. The third-order valence-electron chi connectivity index (χ3n) is 3.93. The van der Waals surface area contributed by atoms with Gasteiger partial charge in [-0.05, 0) is 47.9 Å². The van der Waals surface area contributed by atoms with Crippen LogP contribution in [0.4, 0.5) is 0 Å². The van der Waals surface area contributed by atoms with Crippen molar-refractivity contribution >= 4 is 28.1 Å². The number of hydrogen-bond acceptors (Lipinski definition) is 3. The zero-order valence-electron chi connectivity index (χ0n) is 13.0. The highest BCUT2D eigenvalue weighted by Gasteiger charge is 2.11. The average Bonchev–Trinajstić information content (AvgIpc) is 2.82. The molecule has 5 heteroatoms. The maximum atomic E-state index is 10.6. The summed E-state index contributed by atoms with van der Waals surface area (Å²) < 4.78 is 2.00. The van der Waals surface area contributed by atoms with Gasteiger partial charge in [-0.2, -0.15) is 4.91 Å². The summed E-state index contributed by atoms with van der Waals surface area (Å²) in [6, 6.07) is 9.85.